The summed E-state index contributed by atoms with van der Waals surface area (Å²) in [6, 6.07) is 5.26. The van der Waals surface area contributed by atoms with Gasteiger partial charge in [0.05, 0.1) is 4.90 Å². The SMILES string of the molecule is Cc1cc(NC(=O)C2CCCN2S(=O)(=O)c2ccc(F)cc2)no1. The molecule has 7 nitrogen and oxygen atoms in total. The first-order valence-corrected chi connectivity index (χ1v) is 8.83. The molecule has 1 N–H and O–H groups in total. The molecule has 0 radical (unpaired) electrons. The van der Waals surface area contributed by atoms with Gasteiger partial charge in [0, 0.05) is 12.6 Å². The normalized spacial score (nSPS) is 18.7. The second-order valence-electron chi connectivity index (χ2n) is 5.54. The Morgan fingerprint density at radius 1 is 1.38 bits per heavy atom. The molecule has 3 rings (SSSR count). The molecule has 1 atom stereocenters. The van der Waals surface area contributed by atoms with Gasteiger partial charge in [-0.15, -0.1) is 0 Å². The summed E-state index contributed by atoms with van der Waals surface area (Å²) in [4.78, 5) is 12.4. The lowest BCUT2D eigenvalue weighted by Gasteiger charge is -2.23. The van der Waals surface area contributed by atoms with Gasteiger partial charge in [-0.2, -0.15) is 4.31 Å². The van der Waals surface area contributed by atoms with E-state index in [0.717, 1.165) is 16.4 Å². The number of nitrogens with one attached hydrogen (secondary N) is 1. The number of aromatic nitrogens is 1. The number of amides is 1. The van der Waals surface area contributed by atoms with Crippen LogP contribution in [-0.4, -0.2) is 36.4 Å². The van der Waals surface area contributed by atoms with E-state index in [9.17, 15) is 17.6 Å². The van der Waals surface area contributed by atoms with Gasteiger partial charge in [-0.3, -0.25) is 4.79 Å². The average molecular weight is 353 g/mol. The standard InChI is InChI=1S/C15H16FN3O4S/c1-10-9-14(18-23-10)17-15(20)13-3-2-8-19(13)24(21,22)12-6-4-11(16)5-7-12/h4-7,9,13H,2-3,8H2,1H3,(H,17,18,20). The molecule has 1 aliphatic rings. The van der Waals surface area contributed by atoms with Crippen LogP contribution < -0.4 is 5.32 Å². The molecular formula is C15H16FN3O4S. The zero-order valence-corrected chi connectivity index (χ0v) is 13.7. The largest absolute Gasteiger partial charge is 0.360 e. The molecule has 0 bridgehead atoms. The van der Waals surface area contributed by atoms with E-state index in [0.29, 0.717) is 18.6 Å². The van der Waals surface area contributed by atoms with Crippen LogP contribution in [0.5, 0.6) is 0 Å². The fraction of sp³-hybridized carbons (Fsp3) is 0.333. The van der Waals surface area contributed by atoms with Gasteiger partial charge in [0.15, 0.2) is 5.82 Å². The lowest BCUT2D eigenvalue weighted by Crippen LogP contribution is -2.43. The van der Waals surface area contributed by atoms with Crippen molar-refractivity contribution in [2.24, 2.45) is 0 Å². The van der Waals surface area contributed by atoms with Crippen LogP contribution in [0.1, 0.15) is 18.6 Å². The molecule has 128 valence electrons. The van der Waals surface area contributed by atoms with Crippen LogP contribution in [0.4, 0.5) is 10.2 Å². The molecule has 9 heteroatoms. The molecule has 1 amide bonds. The van der Waals surface area contributed by atoms with Crippen LogP contribution in [0.3, 0.4) is 0 Å². The Bertz CT molecular complexity index is 848. The van der Waals surface area contributed by atoms with Crippen LogP contribution in [0, 0.1) is 12.7 Å². The van der Waals surface area contributed by atoms with Crippen molar-refractivity contribution in [3.8, 4) is 0 Å². The van der Waals surface area contributed by atoms with Crippen LogP contribution >= 0.6 is 0 Å². The lowest BCUT2D eigenvalue weighted by molar-refractivity contribution is -0.119. The quantitative estimate of drug-likeness (QED) is 0.906. The minimum atomic E-state index is -3.87. The first-order chi connectivity index (χ1) is 11.4. The maximum atomic E-state index is 13.0. The Labute approximate surface area is 138 Å². The third kappa shape index (κ3) is 3.17. The summed E-state index contributed by atoms with van der Waals surface area (Å²) in [6.45, 7) is 1.92. The molecule has 1 aromatic carbocycles. The van der Waals surface area contributed by atoms with Crippen LogP contribution in [-0.2, 0) is 14.8 Å². The maximum Gasteiger partial charge on any atom is 0.244 e. The number of carbonyl (C=O) groups excluding carboxylic acids is 1. The first kappa shape index (κ1) is 16.6. The topological polar surface area (TPSA) is 92.5 Å². The highest BCUT2D eigenvalue weighted by atomic mass is 32.2. The number of aryl methyl sites for hydroxylation is 1. The van der Waals surface area contributed by atoms with Gasteiger partial charge in [0.1, 0.15) is 17.6 Å². The van der Waals surface area contributed by atoms with Crippen molar-refractivity contribution in [1.29, 1.82) is 0 Å². The summed E-state index contributed by atoms with van der Waals surface area (Å²) in [7, 11) is -3.87. The maximum absolute atomic E-state index is 13.0. The highest BCUT2D eigenvalue weighted by Gasteiger charge is 2.39. The van der Waals surface area contributed by atoms with Crippen molar-refractivity contribution in [1.82, 2.24) is 9.46 Å². The molecular weight excluding hydrogens is 337 g/mol. The van der Waals surface area contributed by atoms with E-state index in [-0.39, 0.29) is 17.3 Å². The number of hydrogen-bond donors (Lipinski definition) is 1. The van der Waals surface area contributed by atoms with Crippen molar-refractivity contribution in [2.45, 2.75) is 30.7 Å². The Balaban J connectivity index is 1.81. The molecule has 0 aliphatic carbocycles. The Morgan fingerprint density at radius 2 is 2.08 bits per heavy atom. The van der Waals surface area contributed by atoms with E-state index in [4.69, 9.17) is 4.52 Å². The molecule has 1 aliphatic heterocycles. The summed E-state index contributed by atoms with van der Waals surface area (Å²) >= 11 is 0. The monoisotopic (exact) mass is 353 g/mol. The number of hydrogen-bond acceptors (Lipinski definition) is 5. The predicted molar refractivity (Wildman–Crippen MR) is 83.2 cm³/mol. The van der Waals surface area contributed by atoms with Crippen LogP contribution in [0.25, 0.3) is 0 Å². The second-order valence-corrected chi connectivity index (χ2v) is 7.43. The molecule has 2 aromatic rings. The molecule has 1 saturated heterocycles. The van der Waals surface area contributed by atoms with Gasteiger partial charge in [-0.1, -0.05) is 5.16 Å². The van der Waals surface area contributed by atoms with Gasteiger partial charge in [0.25, 0.3) is 0 Å². The number of sulfonamides is 1. The summed E-state index contributed by atoms with van der Waals surface area (Å²) in [5.74, 6) is -0.214. The van der Waals surface area contributed by atoms with Gasteiger partial charge in [-0.25, -0.2) is 12.8 Å². The van der Waals surface area contributed by atoms with Gasteiger partial charge in [-0.05, 0) is 44.0 Å². The zero-order valence-electron chi connectivity index (χ0n) is 12.9. The molecule has 0 spiro atoms. The third-order valence-corrected chi connectivity index (χ3v) is 5.73. The van der Waals surface area contributed by atoms with E-state index >= 15 is 0 Å². The van der Waals surface area contributed by atoms with Crippen LogP contribution in [0.2, 0.25) is 0 Å². The van der Waals surface area contributed by atoms with Crippen molar-refractivity contribution >= 4 is 21.7 Å². The summed E-state index contributed by atoms with van der Waals surface area (Å²) in [6.07, 6.45) is 0.972. The number of rotatable bonds is 4. The molecule has 1 aromatic heterocycles. The highest BCUT2D eigenvalue weighted by molar-refractivity contribution is 7.89. The molecule has 0 saturated carbocycles. The van der Waals surface area contributed by atoms with Crippen molar-refractivity contribution in [3.05, 3.63) is 41.9 Å². The van der Waals surface area contributed by atoms with E-state index in [2.05, 4.69) is 10.5 Å². The number of nitrogens with zero attached hydrogens (tertiary/aromatic N) is 2. The average Bonchev–Trinajstić information content (AvgIpc) is 3.17. The van der Waals surface area contributed by atoms with Crippen molar-refractivity contribution in [3.63, 3.8) is 0 Å². The Kier molecular flexibility index (Phi) is 4.37. The Morgan fingerprint density at radius 3 is 2.71 bits per heavy atom. The molecule has 1 unspecified atom stereocenters. The van der Waals surface area contributed by atoms with Gasteiger partial charge < -0.3 is 9.84 Å². The summed E-state index contributed by atoms with van der Waals surface area (Å²) in [5.41, 5.74) is 0. The fourth-order valence-electron chi connectivity index (χ4n) is 2.67. The van der Waals surface area contributed by atoms with Crippen molar-refractivity contribution < 1.29 is 22.1 Å². The summed E-state index contributed by atoms with van der Waals surface area (Å²) in [5, 5.41) is 6.22. The Hall–Kier alpha value is -2.26. The minimum Gasteiger partial charge on any atom is -0.360 e. The number of halogens is 1. The predicted octanol–water partition coefficient (Wildman–Crippen LogP) is 1.91. The van der Waals surface area contributed by atoms with E-state index in [1.165, 1.54) is 12.1 Å². The van der Waals surface area contributed by atoms with Crippen LogP contribution in [0.15, 0.2) is 39.8 Å². The molecule has 24 heavy (non-hydrogen) atoms. The molecule has 2 heterocycles. The van der Waals surface area contributed by atoms with Gasteiger partial charge >= 0.3 is 0 Å². The van der Waals surface area contributed by atoms with E-state index in [1.54, 1.807) is 13.0 Å². The van der Waals surface area contributed by atoms with Crippen molar-refractivity contribution in [2.75, 3.05) is 11.9 Å². The number of anilines is 1. The number of carbonyl (C=O) groups is 1. The zero-order chi connectivity index (χ0) is 17.3. The smallest absolute Gasteiger partial charge is 0.244 e. The first-order valence-electron chi connectivity index (χ1n) is 7.39. The van der Waals surface area contributed by atoms with E-state index in [1.807, 2.05) is 0 Å². The third-order valence-electron chi connectivity index (χ3n) is 3.81. The van der Waals surface area contributed by atoms with Gasteiger partial charge in [0.2, 0.25) is 15.9 Å². The lowest BCUT2D eigenvalue weighted by atomic mass is 10.2. The second kappa shape index (κ2) is 6.33. The summed E-state index contributed by atoms with van der Waals surface area (Å²) < 4.78 is 44.4. The highest BCUT2D eigenvalue weighted by Crippen LogP contribution is 2.27. The molecule has 1 fully saturated rings. The van der Waals surface area contributed by atoms with E-state index < -0.39 is 27.8 Å². The number of benzene rings is 1. The minimum absolute atomic E-state index is 0.0409. The fourth-order valence-corrected chi connectivity index (χ4v) is 4.32.